The Balaban J connectivity index is 1.41. The molecule has 3 N–H and O–H groups in total. The molecule has 1 fully saturated rings. The van der Waals surface area contributed by atoms with Gasteiger partial charge in [0.05, 0.1) is 18.0 Å². The number of benzene rings is 1. The normalized spacial score (nSPS) is 15.2. The van der Waals surface area contributed by atoms with Gasteiger partial charge in [0.25, 0.3) is 0 Å². The Morgan fingerprint density at radius 1 is 1.24 bits per heavy atom. The number of aliphatic imine (C=N–C) groups is 1. The van der Waals surface area contributed by atoms with Gasteiger partial charge in [0.1, 0.15) is 6.26 Å². The highest BCUT2D eigenvalue weighted by Gasteiger charge is 2.20. The van der Waals surface area contributed by atoms with Crippen molar-refractivity contribution < 1.29 is 12.8 Å². The van der Waals surface area contributed by atoms with Gasteiger partial charge >= 0.3 is 0 Å². The molecule has 0 atom stereocenters. The molecule has 1 saturated carbocycles. The number of nitrogens with zero attached hydrogens (tertiary/aromatic N) is 2. The molecule has 0 radical (unpaired) electrons. The molecule has 0 amide bonds. The average molecular weight is 420 g/mol. The molecule has 1 heterocycles. The molecule has 29 heavy (non-hydrogen) atoms. The second-order valence-corrected chi connectivity index (χ2v) is 9.25. The second-order valence-electron chi connectivity index (χ2n) is 7.33. The average Bonchev–Trinajstić information content (AvgIpc) is 3.12. The minimum absolute atomic E-state index is 0.00194. The molecule has 0 bridgehead atoms. The van der Waals surface area contributed by atoms with Crippen LogP contribution in [0.5, 0.6) is 0 Å². The molecule has 9 heteroatoms. The third-order valence-corrected chi connectivity index (χ3v) is 6.34. The van der Waals surface area contributed by atoms with Crippen LogP contribution in [0.2, 0.25) is 0 Å². The molecule has 1 aromatic heterocycles. The van der Waals surface area contributed by atoms with E-state index < -0.39 is 10.0 Å². The zero-order valence-electron chi connectivity index (χ0n) is 16.9. The van der Waals surface area contributed by atoms with Crippen molar-refractivity contribution in [3.63, 3.8) is 0 Å². The fraction of sp³-hybridized carbons (Fsp3) is 0.500. The summed E-state index contributed by atoms with van der Waals surface area (Å²) in [4.78, 5) is 8.59. The lowest BCUT2D eigenvalue weighted by Crippen LogP contribution is -2.41. The number of guanidine groups is 1. The van der Waals surface area contributed by atoms with E-state index in [1.165, 1.54) is 12.0 Å². The number of oxazole rings is 1. The third-order valence-electron chi connectivity index (χ3n) is 4.99. The van der Waals surface area contributed by atoms with Crippen molar-refractivity contribution in [2.45, 2.75) is 32.7 Å². The predicted octanol–water partition coefficient (Wildman–Crippen LogP) is 2.03. The van der Waals surface area contributed by atoms with E-state index in [9.17, 15) is 8.42 Å². The van der Waals surface area contributed by atoms with Gasteiger partial charge in [-0.3, -0.25) is 4.99 Å². The number of aryl methyl sites for hydroxylation is 1. The summed E-state index contributed by atoms with van der Waals surface area (Å²) in [5.74, 6) is 1.58. The van der Waals surface area contributed by atoms with Crippen LogP contribution in [0.4, 0.5) is 0 Å². The molecule has 3 rings (SSSR count). The van der Waals surface area contributed by atoms with Gasteiger partial charge < -0.3 is 15.1 Å². The molecule has 8 nitrogen and oxygen atoms in total. The maximum absolute atomic E-state index is 12.0. The third kappa shape index (κ3) is 6.57. The van der Waals surface area contributed by atoms with Crippen molar-refractivity contribution in [1.29, 1.82) is 0 Å². The summed E-state index contributed by atoms with van der Waals surface area (Å²) in [5, 5.41) is 6.13. The number of nitrogens with one attached hydrogen (secondary N) is 3. The lowest BCUT2D eigenvalue weighted by atomic mass is 9.86. The van der Waals surface area contributed by atoms with Crippen molar-refractivity contribution in [2.24, 2.45) is 10.9 Å². The van der Waals surface area contributed by atoms with Crippen LogP contribution >= 0.6 is 0 Å². The maximum atomic E-state index is 12.0. The highest BCUT2D eigenvalue weighted by molar-refractivity contribution is 7.89. The van der Waals surface area contributed by atoms with Crippen LogP contribution < -0.4 is 15.4 Å². The van der Waals surface area contributed by atoms with E-state index in [2.05, 4.69) is 25.3 Å². The number of sulfonamides is 1. The highest BCUT2D eigenvalue weighted by Crippen LogP contribution is 2.25. The lowest BCUT2D eigenvalue weighted by molar-refractivity contribution is 0.316. The van der Waals surface area contributed by atoms with E-state index in [0.29, 0.717) is 30.9 Å². The first-order valence-corrected chi connectivity index (χ1v) is 11.5. The smallest absolute Gasteiger partial charge is 0.226 e. The molecule has 2 aromatic rings. The minimum atomic E-state index is -3.28. The molecule has 1 aliphatic rings. The van der Waals surface area contributed by atoms with E-state index in [1.807, 2.05) is 31.2 Å². The van der Waals surface area contributed by atoms with Gasteiger partial charge in [0, 0.05) is 25.7 Å². The van der Waals surface area contributed by atoms with Gasteiger partial charge in [-0.1, -0.05) is 24.1 Å². The van der Waals surface area contributed by atoms with E-state index in [4.69, 9.17) is 4.42 Å². The van der Waals surface area contributed by atoms with Crippen LogP contribution in [0.25, 0.3) is 11.5 Å². The quantitative estimate of drug-likeness (QED) is 0.424. The van der Waals surface area contributed by atoms with Gasteiger partial charge in [0.15, 0.2) is 5.96 Å². The summed E-state index contributed by atoms with van der Waals surface area (Å²) in [6, 6.07) is 7.97. The van der Waals surface area contributed by atoms with Crippen molar-refractivity contribution in [2.75, 3.05) is 25.9 Å². The second kappa shape index (κ2) is 9.89. The molecule has 1 aromatic carbocycles. The molecule has 0 spiro atoms. The monoisotopic (exact) mass is 419 g/mol. The molecule has 1 aliphatic carbocycles. The Bertz CT molecular complexity index is 918. The zero-order chi connectivity index (χ0) is 20.7. The standard InChI is InChI=1S/C20H29N5O3S/c1-15-6-8-17(9-7-15)19-25-18(14-28-19)13-23-20(21-2)22-10-11-29(26,27)24-12-16-4-3-5-16/h6-9,14,16,24H,3-5,10-13H2,1-2H3,(H2,21,22,23). The lowest BCUT2D eigenvalue weighted by Gasteiger charge is -2.25. The summed E-state index contributed by atoms with van der Waals surface area (Å²) < 4.78 is 32.3. The van der Waals surface area contributed by atoms with Crippen LogP contribution in [-0.2, 0) is 16.6 Å². The van der Waals surface area contributed by atoms with Crippen LogP contribution in [-0.4, -0.2) is 45.3 Å². The van der Waals surface area contributed by atoms with E-state index in [-0.39, 0.29) is 12.3 Å². The summed E-state index contributed by atoms with van der Waals surface area (Å²) >= 11 is 0. The summed E-state index contributed by atoms with van der Waals surface area (Å²) in [6.07, 6.45) is 5.04. The van der Waals surface area contributed by atoms with Gasteiger partial charge in [0.2, 0.25) is 15.9 Å². The Morgan fingerprint density at radius 2 is 2.00 bits per heavy atom. The Hall–Kier alpha value is -2.39. The van der Waals surface area contributed by atoms with Gasteiger partial charge in [-0.05, 0) is 37.8 Å². The first-order valence-electron chi connectivity index (χ1n) is 9.88. The molecular formula is C20H29N5O3S. The van der Waals surface area contributed by atoms with Gasteiger partial charge in [-0.15, -0.1) is 0 Å². The highest BCUT2D eigenvalue weighted by atomic mass is 32.2. The largest absolute Gasteiger partial charge is 0.444 e. The van der Waals surface area contributed by atoms with Gasteiger partial charge in [-0.2, -0.15) is 0 Å². The minimum Gasteiger partial charge on any atom is -0.444 e. The number of hydrogen-bond donors (Lipinski definition) is 3. The molecule has 0 aliphatic heterocycles. The SMILES string of the molecule is CN=C(NCCS(=O)(=O)NCC1CCC1)NCc1coc(-c2ccc(C)cc2)n1. The zero-order valence-corrected chi connectivity index (χ0v) is 17.8. The van der Waals surface area contributed by atoms with Crippen molar-refractivity contribution in [3.05, 3.63) is 41.8 Å². The molecule has 0 unspecified atom stereocenters. The summed E-state index contributed by atoms with van der Waals surface area (Å²) in [5.41, 5.74) is 2.83. The molecule has 158 valence electrons. The van der Waals surface area contributed by atoms with Crippen LogP contribution in [0.15, 0.2) is 39.9 Å². The first kappa shape index (κ1) is 21.3. The van der Waals surface area contributed by atoms with E-state index >= 15 is 0 Å². The van der Waals surface area contributed by atoms with E-state index in [0.717, 1.165) is 24.1 Å². The number of aromatic nitrogens is 1. The predicted molar refractivity (Wildman–Crippen MR) is 114 cm³/mol. The van der Waals surface area contributed by atoms with E-state index in [1.54, 1.807) is 13.3 Å². The van der Waals surface area contributed by atoms with Crippen LogP contribution in [0, 0.1) is 12.8 Å². The van der Waals surface area contributed by atoms with Crippen molar-refractivity contribution >= 4 is 16.0 Å². The van der Waals surface area contributed by atoms with Crippen molar-refractivity contribution in [3.8, 4) is 11.5 Å². The Morgan fingerprint density at radius 3 is 2.66 bits per heavy atom. The first-order chi connectivity index (χ1) is 13.9. The van der Waals surface area contributed by atoms with Crippen LogP contribution in [0.1, 0.15) is 30.5 Å². The van der Waals surface area contributed by atoms with Crippen LogP contribution in [0.3, 0.4) is 0 Å². The summed E-state index contributed by atoms with van der Waals surface area (Å²) in [6.45, 7) is 3.27. The fourth-order valence-corrected chi connectivity index (χ4v) is 3.93. The number of rotatable bonds is 9. The Labute approximate surface area is 172 Å². The summed E-state index contributed by atoms with van der Waals surface area (Å²) in [7, 11) is -1.64. The molecular weight excluding hydrogens is 390 g/mol. The topological polar surface area (TPSA) is 109 Å². The molecule has 0 saturated heterocycles. The fourth-order valence-electron chi connectivity index (χ4n) is 2.93. The number of hydrogen-bond acceptors (Lipinski definition) is 5. The maximum Gasteiger partial charge on any atom is 0.226 e. The Kier molecular flexibility index (Phi) is 7.27. The van der Waals surface area contributed by atoms with Crippen molar-refractivity contribution in [1.82, 2.24) is 20.3 Å². The van der Waals surface area contributed by atoms with Gasteiger partial charge in [-0.25, -0.2) is 18.1 Å².